The zero-order valence-electron chi connectivity index (χ0n) is 14.9. The Labute approximate surface area is 172 Å². The van der Waals surface area contributed by atoms with Gasteiger partial charge in [0.25, 0.3) is 0 Å². The van der Waals surface area contributed by atoms with Crippen molar-refractivity contribution in [2.24, 2.45) is 5.92 Å². The van der Waals surface area contributed by atoms with Gasteiger partial charge in [-0.25, -0.2) is 4.98 Å². The molecule has 0 aliphatic carbocycles. The summed E-state index contributed by atoms with van der Waals surface area (Å²) in [4.78, 5) is 16.2. The van der Waals surface area contributed by atoms with Crippen molar-refractivity contribution >= 4 is 63.2 Å². The highest BCUT2D eigenvalue weighted by Gasteiger charge is 2.14. The van der Waals surface area contributed by atoms with Crippen molar-refractivity contribution in [1.29, 1.82) is 0 Å². The summed E-state index contributed by atoms with van der Waals surface area (Å²) in [6.07, 6.45) is 0. The number of nitrogens with one attached hydrogen (secondary N) is 2. The van der Waals surface area contributed by atoms with Crippen LogP contribution in [0.25, 0.3) is 22.6 Å². The van der Waals surface area contributed by atoms with Crippen LogP contribution in [-0.2, 0) is 4.79 Å². The van der Waals surface area contributed by atoms with Crippen LogP contribution in [0.1, 0.15) is 19.4 Å². The van der Waals surface area contributed by atoms with E-state index in [-0.39, 0.29) is 16.9 Å². The van der Waals surface area contributed by atoms with E-state index >= 15 is 0 Å². The van der Waals surface area contributed by atoms with E-state index in [1.165, 1.54) is 0 Å². The van der Waals surface area contributed by atoms with E-state index in [9.17, 15) is 4.79 Å². The molecule has 1 aromatic heterocycles. The van der Waals surface area contributed by atoms with E-state index in [0.717, 1.165) is 16.8 Å². The number of halogens is 2. The molecule has 0 spiro atoms. The summed E-state index contributed by atoms with van der Waals surface area (Å²) >= 11 is 17.4. The summed E-state index contributed by atoms with van der Waals surface area (Å²) in [7, 11) is 0. The number of carbonyl (C=O) groups excluding carboxylic acids is 1. The van der Waals surface area contributed by atoms with E-state index in [2.05, 4.69) is 15.6 Å². The second-order valence-electron chi connectivity index (χ2n) is 6.38. The predicted molar refractivity (Wildman–Crippen MR) is 113 cm³/mol. The Morgan fingerprint density at radius 2 is 1.96 bits per heavy atom. The minimum atomic E-state index is -0.159. The summed E-state index contributed by atoms with van der Waals surface area (Å²) in [5.41, 5.74) is 3.50. The van der Waals surface area contributed by atoms with Crippen molar-refractivity contribution in [3.05, 3.63) is 45.9 Å². The van der Waals surface area contributed by atoms with Crippen molar-refractivity contribution in [2.75, 3.05) is 5.32 Å². The van der Waals surface area contributed by atoms with Crippen LogP contribution < -0.4 is 10.6 Å². The number of rotatable bonds is 3. The van der Waals surface area contributed by atoms with Gasteiger partial charge in [0.05, 0.1) is 5.02 Å². The van der Waals surface area contributed by atoms with Crippen LogP contribution >= 0.6 is 35.4 Å². The lowest BCUT2D eigenvalue weighted by Crippen LogP contribution is -2.36. The van der Waals surface area contributed by atoms with Gasteiger partial charge in [0.2, 0.25) is 11.8 Å². The number of carbonyl (C=O) groups is 1. The largest absolute Gasteiger partial charge is 0.435 e. The molecular weight excluding hydrogens is 405 g/mol. The van der Waals surface area contributed by atoms with Crippen molar-refractivity contribution in [1.82, 2.24) is 10.3 Å². The quantitative estimate of drug-likeness (QED) is 0.540. The average molecular weight is 422 g/mol. The summed E-state index contributed by atoms with van der Waals surface area (Å²) in [6.45, 7) is 5.53. The van der Waals surface area contributed by atoms with Crippen molar-refractivity contribution < 1.29 is 9.21 Å². The molecular formula is C19H17Cl2N3O2S. The van der Waals surface area contributed by atoms with Gasteiger partial charge in [-0.15, -0.1) is 0 Å². The number of hydrogen-bond acceptors (Lipinski definition) is 4. The first-order valence-electron chi connectivity index (χ1n) is 8.23. The molecule has 140 valence electrons. The van der Waals surface area contributed by atoms with Crippen molar-refractivity contribution in [3.8, 4) is 11.5 Å². The molecule has 27 heavy (non-hydrogen) atoms. The maximum absolute atomic E-state index is 11.8. The Hall–Kier alpha value is -2.15. The van der Waals surface area contributed by atoms with Crippen LogP contribution in [0.4, 0.5) is 5.69 Å². The van der Waals surface area contributed by atoms with Gasteiger partial charge in [0.1, 0.15) is 5.52 Å². The van der Waals surface area contributed by atoms with E-state index in [1.807, 2.05) is 25.1 Å². The summed E-state index contributed by atoms with van der Waals surface area (Å²) in [5, 5.41) is 6.83. The Morgan fingerprint density at radius 1 is 1.22 bits per heavy atom. The Balaban J connectivity index is 1.90. The molecule has 0 atom stereocenters. The highest BCUT2D eigenvalue weighted by molar-refractivity contribution is 7.80. The number of amides is 1. The molecule has 0 saturated heterocycles. The summed E-state index contributed by atoms with van der Waals surface area (Å²) < 4.78 is 5.80. The molecule has 0 aliphatic rings. The lowest BCUT2D eigenvalue weighted by molar-refractivity contribution is -0.122. The van der Waals surface area contributed by atoms with Gasteiger partial charge in [-0.2, -0.15) is 0 Å². The second kappa shape index (κ2) is 7.84. The number of aryl methyl sites for hydroxylation is 1. The topological polar surface area (TPSA) is 67.2 Å². The number of hydrogen-bond donors (Lipinski definition) is 2. The lowest BCUT2D eigenvalue weighted by atomic mass is 10.1. The molecule has 8 heteroatoms. The van der Waals surface area contributed by atoms with Gasteiger partial charge in [0.15, 0.2) is 10.7 Å². The molecule has 3 rings (SSSR count). The molecule has 2 aromatic carbocycles. The maximum atomic E-state index is 11.8. The fraction of sp³-hybridized carbons (Fsp3) is 0.211. The molecule has 0 unspecified atom stereocenters. The van der Waals surface area contributed by atoms with Gasteiger partial charge in [-0.05, 0) is 49.0 Å². The van der Waals surface area contributed by atoms with E-state index in [0.29, 0.717) is 27.0 Å². The van der Waals surface area contributed by atoms with Crippen LogP contribution in [0.5, 0.6) is 0 Å². The van der Waals surface area contributed by atoms with Gasteiger partial charge in [0, 0.05) is 22.2 Å². The Kier molecular flexibility index (Phi) is 5.69. The van der Waals surface area contributed by atoms with Crippen LogP contribution in [0.2, 0.25) is 10.0 Å². The van der Waals surface area contributed by atoms with Crippen molar-refractivity contribution in [2.45, 2.75) is 20.8 Å². The van der Waals surface area contributed by atoms with Crippen LogP contribution in [-0.4, -0.2) is 16.0 Å². The fourth-order valence-electron chi connectivity index (χ4n) is 2.38. The molecule has 0 radical (unpaired) electrons. The van der Waals surface area contributed by atoms with E-state index in [4.69, 9.17) is 39.8 Å². The zero-order valence-corrected chi connectivity index (χ0v) is 17.2. The van der Waals surface area contributed by atoms with Crippen LogP contribution in [0.3, 0.4) is 0 Å². The molecule has 5 nitrogen and oxygen atoms in total. The number of benzene rings is 2. The Bertz CT molecular complexity index is 1050. The van der Waals surface area contributed by atoms with Gasteiger partial charge >= 0.3 is 0 Å². The number of aromatic nitrogens is 1. The van der Waals surface area contributed by atoms with Gasteiger partial charge in [-0.1, -0.05) is 43.1 Å². The third kappa shape index (κ3) is 4.40. The zero-order chi connectivity index (χ0) is 19.7. The number of anilines is 1. The Morgan fingerprint density at radius 3 is 2.67 bits per heavy atom. The maximum Gasteiger partial charge on any atom is 0.228 e. The third-order valence-electron chi connectivity index (χ3n) is 3.90. The number of oxazole rings is 1. The SMILES string of the molecule is Cc1ccc(-c2nc3cc(Cl)cc(Cl)c3o2)cc1NC(=S)NC(=O)C(C)C. The predicted octanol–water partition coefficient (Wildman–Crippen LogP) is 5.58. The van der Waals surface area contributed by atoms with Gasteiger partial charge in [-0.3, -0.25) is 4.79 Å². The molecule has 2 N–H and O–H groups in total. The number of fused-ring (bicyclic) bond motifs is 1. The van der Waals surface area contributed by atoms with Crippen LogP contribution in [0.15, 0.2) is 34.7 Å². The highest BCUT2D eigenvalue weighted by Crippen LogP contribution is 2.33. The first kappa shape index (κ1) is 19.6. The first-order chi connectivity index (χ1) is 12.7. The third-order valence-corrected chi connectivity index (χ3v) is 4.61. The second-order valence-corrected chi connectivity index (χ2v) is 7.63. The van der Waals surface area contributed by atoms with E-state index < -0.39 is 0 Å². The average Bonchev–Trinajstić information content (AvgIpc) is 3.01. The van der Waals surface area contributed by atoms with Gasteiger partial charge < -0.3 is 15.1 Å². The monoisotopic (exact) mass is 421 g/mol. The van der Waals surface area contributed by atoms with Crippen LogP contribution in [0, 0.1) is 12.8 Å². The highest BCUT2D eigenvalue weighted by atomic mass is 35.5. The fourth-order valence-corrected chi connectivity index (χ4v) is 3.11. The molecule has 0 bridgehead atoms. The molecule has 0 fully saturated rings. The standard InChI is InChI=1S/C19H17Cl2N3O2S/c1-9(2)17(25)24-19(27)23-14-6-11(5-4-10(14)3)18-22-15-8-12(20)7-13(21)16(15)26-18/h4-9H,1-3H3,(H2,23,24,25,27). The minimum absolute atomic E-state index is 0.147. The van der Waals surface area contributed by atoms with Crippen molar-refractivity contribution in [3.63, 3.8) is 0 Å². The lowest BCUT2D eigenvalue weighted by Gasteiger charge is -2.13. The minimum Gasteiger partial charge on any atom is -0.435 e. The molecule has 0 saturated carbocycles. The first-order valence-corrected chi connectivity index (χ1v) is 9.39. The molecule has 0 aliphatic heterocycles. The van der Waals surface area contributed by atoms with E-state index in [1.54, 1.807) is 26.0 Å². The molecule has 3 aromatic rings. The number of nitrogens with zero attached hydrogens (tertiary/aromatic N) is 1. The molecule has 1 amide bonds. The normalized spacial score (nSPS) is 11.0. The summed E-state index contributed by atoms with van der Waals surface area (Å²) in [5.74, 6) is 0.106. The number of thiocarbonyl (C=S) groups is 1. The smallest absolute Gasteiger partial charge is 0.228 e. The molecule has 1 heterocycles. The summed E-state index contributed by atoms with van der Waals surface area (Å²) in [6, 6.07) is 8.95.